The second kappa shape index (κ2) is 3.35. The highest BCUT2D eigenvalue weighted by Crippen LogP contribution is 2.21. The van der Waals surface area contributed by atoms with Gasteiger partial charge in [0.1, 0.15) is 0 Å². The summed E-state index contributed by atoms with van der Waals surface area (Å²) in [7, 11) is 0. The zero-order valence-corrected chi connectivity index (χ0v) is 7.01. The molecule has 0 aromatic carbocycles. The largest absolute Gasteiger partial charge is 0.330 e. The van der Waals surface area contributed by atoms with E-state index < -0.39 is 0 Å². The molecule has 0 radical (unpaired) electrons. The van der Waals surface area contributed by atoms with Crippen LogP contribution >= 0.6 is 0 Å². The molecule has 2 N–H and O–H groups in total. The summed E-state index contributed by atoms with van der Waals surface area (Å²) in [6.07, 6.45) is 1.30. The van der Waals surface area contributed by atoms with E-state index >= 15 is 0 Å². The van der Waals surface area contributed by atoms with Crippen molar-refractivity contribution in [3.05, 3.63) is 0 Å². The van der Waals surface area contributed by atoms with Crippen LogP contribution in [0.25, 0.3) is 0 Å². The summed E-state index contributed by atoms with van der Waals surface area (Å²) in [5.74, 6) is 0.750. The van der Waals surface area contributed by atoms with Gasteiger partial charge in [0.25, 0.3) is 0 Å². The molecule has 2 atom stereocenters. The predicted octanol–water partition coefficient (Wildman–Crippen LogP) is 0.675. The third kappa shape index (κ3) is 1.32. The molecule has 0 aromatic rings. The van der Waals surface area contributed by atoms with E-state index in [0.29, 0.717) is 0 Å². The average Bonchev–Trinajstić information content (AvgIpc) is 2.30. The molecule has 1 saturated heterocycles. The Morgan fingerprint density at radius 2 is 2.30 bits per heavy atom. The van der Waals surface area contributed by atoms with Crippen LogP contribution in [0.3, 0.4) is 0 Å². The van der Waals surface area contributed by atoms with Gasteiger partial charge in [-0.1, -0.05) is 6.92 Å². The second-order valence-corrected chi connectivity index (χ2v) is 3.15. The Balaban J connectivity index is 2.41. The lowest BCUT2D eigenvalue weighted by Gasteiger charge is -2.21. The summed E-state index contributed by atoms with van der Waals surface area (Å²) in [5.41, 5.74) is 5.61. The summed E-state index contributed by atoms with van der Waals surface area (Å²) in [6, 6.07) is 0.718. The summed E-state index contributed by atoms with van der Waals surface area (Å²) in [5, 5.41) is 0. The van der Waals surface area contributed by atoms with Gasteiger partial charge in [0.15, 0.2) is 0 Å². The summed E-state index contributed by atoms with van der Waals surface area (Å²) in [6.45, 7) is 7.79. The standard InChI is InChI=1S/C8H18N2/c1-3-10-5-4-8(6-9)7(10)2/h7-8H,3-6,9H2,1-2H3. The van der Waals surface area contributed by atoms with Crippen LogP contribution in [0.2, 0.25) is 0 Å². The van der Waals surface area contributed by atoms with Crippen molar-refractivity contribution in [1.82, 2.24) is 4.90 Å². The molecule has 1 aliphatic heterocycles. The monoisotopic (exact) mass is 142 g/mol. The number of likely N-dealkylation sites (tertiary alicyclic amines) is 1. The third-order valence-corrected chi connectivity index (χ3v) is 2.75. The van der Waals surface area contributed by atoms with Crippen LogP contribution in [0.1, 0.15) is 20.3 Å². The highest BCUT2D eigenvalue weighted by Gasteiger charge is 2.27. The SMILES string of the molecule is CCN1CCC(CN)C1C. The third-order valence-electron chi connectivity index (χ3n) is 2.75. The molecule has 0 aromatic heterocycles. The number of nitrogens with zero attached hydrogens (tertiary/aromatic N) is 1. The molecule has 0 aliphatic carbocycles. The Labute approximate surface area is 63.4 Å². The molecular formula is C8H18N2. The van der Waals surface area contributed by atoms with Crippen molar-refractivity contribution in [3.63, 3.8) is 0 Å². The predicted molar refractivity (Wildman–Crippen MR) is 43.9 cm³/mol. The number of nitrogens with two attached hydrogens (primary N) is 1. The summed E-state index contributed by atoms with van der Waals surface area (Å²) >= 11 is 0. The van der Waals surface area contributed by atoms with Gasteiger partial charge in [-0.05, 0) is 38.9 Å². The zero-order chi connectivity index (χ0) is 7.56. The number of rotatable bonds is 2. The summed E-state index contributed by atoms with van der Waals surface area (Å²) in [4.78, 5) is 2.50. The quantitative estimate of drug-likeness (QED) is 0.614. The first kappa shape index (κ1) is 8.02. The molecule has 2 nitrogen and oxygen atoms in total. The van der Waals surface area contributed by atoms with E-state index in [9.17, 15) is 0 Å². The van der Waals surface area contributed by atoms with Crippen molar-refractivity contribution < 1.29 is 0 Å². The van der Waals surface area contributed by atoms with Crippen LogP contribution in [-0.4, -0.2) is 30.6 Å². The maximum absolute atomic E-state index is 5.61. The fraction of sp³-hybridized carbons (Fsp3) is 1.00. The van der Waals surface area contributed by atoms with E-state index in [1.807, 2.05) is 0 Å². The van der Waals surface area contributed by atoms with Gasteiger partial charge < -0.3 is 10.6 Å². The van der Waals surface area contributed by atoms with Gasteiger partial charge in [0, 0.05) is 6.04 Å². The maximum Gasteiger partial charge on any atom is 0.0108 e. The van der Waals surface area contributed by atoms with Crippen LogP contribution in [0.4, 0.5) is 0 Å². The molecule has 10 heavy (non-hydrogen) atoms. The van der Waals surface area contributed by atoms with Gasteiger partial charge in [0.2, 0.25) is 0 Å². The fourth-order valence-electron chi connectivity index (χ4n) is 1.84. The lowest BCUT2D eigenvalue weighted by Crippen LogP contribution is -2.32. The first-order chi connectivity index (χ1) is 4.79. The van der Waals surface area contributed by atoms with Crippen LogP contribution < -0.4 is 5.73 Å². The highest BCUT2D eigenvalue weighted by atomic mass is 15.2. The Bertz CT molecular complexity index is 91.4. The zero-order valence-electron chi connectivity index (χ0n) is 7.01. The molecule has 2 heteroatoms. The second-order valence-electron chi connectivity index (χ2n) is 3.15. The van der Waals surface area contributed by atoms with E-state index in [-0.39, 0.29) is 0 Å². The Kier molecular flexibility index (Phi) is 2.69. The minimum atomic E-state index is 0.718. The minimum absolute atomic E-state index is 0.718. The van der Waals surface area contributed by atoms with Gasteiger partial charge in [0.05, 0.1) is 0 Å². The van der Waals surface area contributed by atoms with Crippen molar-refractivity contribution in [1.29, 1.82) is 0 Å². The van der Waals surface area contributed by atoms with Gasteiger partial charge in [-0.3, -0.25) is 0 Å². The van der Waals surface area contributed by atoms with E-state index in [1.165, 1.54) is 19.5 Å². The number of hydrogen-bond acceptors (Lipinski definition) is 2. The first-order valence-electron chi connectivity index (χ1n) is 4.23. The minimum Gasteiger partial charge on any atom is -0.330 e. The highest BCUT2D eigenvalue weighted by molar-refractivity contribution is 4.83. The van der Waals surface area contributed by atoms with Gasteiger partial charge in [-0.25, -0.2) is 0 Å². The van der Waals surface area contributed by atoms with E-state index in [0.717, 1.165) is 18.5 Å². The van der Waals surface area contributed by atoms with E-state index in [4.69, 9.17) is 5.73 Å². The fourth-order valence-corrected chi connectivity index (χ4v) is 1.84. The molecule has 1 heterocycles. The number of hydrogen-bond donors (Lipinski definition) is 1. The average molecular weight is 142 g/mol. The Morgan fingerprint density at radius 1 is 1.60 bits per heavy atom. The molecule has 2 unspecified atom stereocenters. The van der Waals surface area contributed by atoms with Crippen LogP contribution in [0, 0.1) is 5.92 Å². The maximum atomic E-state index is 5.61. The molecule has 0 saturated carbocycles. The van der Waals surface area contributed by atoms with Crippen molar-refractivity contribution in [2.24, 2.45) is 11.7 Å². The first-order valence-corrected chi connectivity index (χ1v) is 4.23. The molecule has 1 aliphatic rings. The molecule has 0 spiro atoms. The Morgan fingerprint density at radius 3 is 2.60 bits per heavy atom. The topological polar surface area (TPSA) is 29.3 Å². The normalized spacial score (nSPS) is 35.1. The molecule has 0 bridgehead atoms. The van der Waals surface area contributed by atoms with Gasteiger partial charge in [-0.15, -0.1) is 0 Å². The smallest absolute Gasteiger partial charge is 0.0108 e. The summed E-state index contributed by atoms with van der Waals surface area (Å²) < 4.78 is 0. The molecule has 1 fully saturated rings. The lowest BCUT2D eigenvalue weighted by molar-refractivity contribution is 0.256. The van der Waals surface area contributed by atoms with Crippen LogP contribution in [0.5, 0.6) is 0 Å². The van der Waals surface area contributed by atoms with E-state index in [2.05, 4.69) is 18.7 Å². The van der Waals surface area contributed by atoms with Crippen molar-refractivity contribution >= 4 is 0 Å². The van der Waals surface area contributed by atoms with Crippen molar-refractivity contribution in [3.8, 4) is 0 Å². The molecular weight excluding hydrogens is 124 g/mol. The van der Waals surface area contributed by atoms with Crippen molar-refractivity contribution in [2.75, 3.05) is 19.6 Å². The van der Waals surface area contributed by atoms with Gasteiger partial charge >= 0.3 is 0 Å². The van der Waals surface area contributed by atoms with Gasteiger partial charge in [-0.2, -0.15) is 0 Å². The Hall–Kier alpha value is -0.0800. The van der Waals surface area contributed by atoms with Crippen LogP contribution in [-0.2, 0) is 0 Å². The van der Waals surface area contributed by atoms with Crippen LogP contribution in [0.15, 0.2) is 0 Å². The molecule has 60 valence electrons. The molecule has 1 rings (SSSR count). The van der Waals surface area contributed by atoms with Crippen molar-refractivity contribution in [2.45, 2.75) is 26.3 Å². The lowest BCUT2D eigenvalue weighted by atomic mass is 10.0. The molecule has 0 amide bonds. The van der Waals surface area contributed by atoms with E-state index in [1.54, 1.807) is 0 Å².